The third-order valence-corrected chi connectivity index (χ3v) is 3.36. The van der Waals surface area contributed by atoms with Crippen LogP contribution < -0.4 is 10.3 Å². The fraction of sp³-hybridized carbons (Fsp3) is 0.562. The van der Waals surface area contributed by atoms with Crippen LogP contribution in [0, 0.1) is 0 Å². The summed E-state index contributed by atoms with van der Waals surface area (Å²) in [6.07, 6.45) is 5.18. The molecule has 0 saturated heterocycles. The van der Waals surface area contributed by atoms with Crippen molar-refractivity contribution in [2.45, 2.75) is 46.0 Å². The second-order valence-corrected chi connectivity index (χ2v) is 5.18. The Morgan fingerprint density at radius 1 is 1.26 bits per heavy atom. The van der Waals surface area contributed by atoms with Gasteiger partial charge in [0.15, 0.2) is 0 Å². The van der Waals surface area contributed by atoms with E-state index in [0.717, 1.165) is 38.6 Å². The molecule has 23 heavy (non-hydrogen) atoms. The molecule has 0 saturated carbocycles. The Bertz CT molecular complexity index is 529. The number of para-hydroxylation sites is 1. The SMILES string of the molecule is CCCCCNN(CCCC)C(=O)c1ccccc1ON=[N+]=[N-]. The highest BCUT2D eigenvalue weighted by Crippen LogP contribution is 2.20. The van der Waals surface area contributed by atoms with Gasteiger partial charge in [0.1, 0.15) is 11.0 Å². The highest BCUT2D eigenvalue weighted by atomic mass is 16.6. The van der Waals surface area contributed by atoms with Crippen molar-refractivity contribution in [1.29, 1.82) is 0 Å². The fourth-order valence-electron chi connectivity index (χ4n) is 2.09. The van der Waals surface area contributed by atoms with Crippen molar-refractivity contribution in [3.63, 3.8) is 0 Å². The molecule has 0 aliphatic rings. The van der Waals surface area contributed by atoms with E-state index in [4.69, 9.17) is 10.4 Å². The summed E-state index contributed by atoms with van der Waals surface area (Å²) in [6.45, 7) is 5.60. The second kappa shape index (κ2) is 11.3. The zero-order valence-corrected chi connectivity index (χ0v) is 13.9. The largest absolute Gasteiger partial charge is 0.393 e. The third-order valence-electron chi connectivity index (χ3n) is 3.36. The van der Waals surface area contributed by atoms with Crippen molar-refractivity contribution in [2.24, 2.45) is 5.28 Å². The molecule has 1 N–H and O–H groups in total. The first-order chi connectivity index (χ1) is 11.2. The van der Waals surface area contributed by atoms with Crippen LogP contribution in [0.3, 0.4) is 0 Å². The van der Waals surface area contributed by atoms with Gasteiger partial charge in [0.25, 0.3) is 5.91 Å². The second-order valence-electron chi connectivity index (χ2n) is 5.18. The maximum absolute atomic E-state index is 12.7. The Balaban J connectivity index is 2.83. The summed E-state index contributed by atoms with van der Waals surface area (Å²) in [4.78, 5) is 20.2. The van der Waals surface area contributed by atoms with Gasteiger partial charge >= 0.3 is 0 Å². The van der Waals surface area contributed by atoms with Crippen LogP contribution in [0.4, 0.5) is 0 Å². The van der Waals surface area contributed by atoms with Crippen LogP contribution in [-0.2, 0) is 0 Å². The molecule has 126 valence electrons. The van der Waals surface area contributed by atoms with Crippen molar-refractivity contribution in [1.82, 2.24) is 10.4 Å². The molecule has 0 spiro atoms. The molecular weight excluding hydrogens is 294 g/mol. The number of benzene rings is 1. The minimum atomic E-state index is -0.182. The van der Waals surface area contributed by atoms with Crippen molar-refractivity contribution in [3.05, 3.63) is 40.3 Å². The maximum atomic E-state index is 12.7. The summed E-state index contributed by atoms with van der Waals surface area (Å²) in [5.41, 5.74) is 11.9. The van der Waals surface area contributed by atoms with E-state index in [1.807, 2.05) is 0 Å². The summed E-state index contributed by atoms with van der Waals surface area (Å²) < 4.78 is 0. The Morgan fingerprint density at radius 3 is 2.70 bits per heavy atom. The lowest BCUT2D eigenvalue weighted by Crippen LogP contribution is -2.44. The third kappa shape index (κ3) is 6.59. The lowest BCUT2D eigenvalue weighted by Gasteiger charge is -2.24. The van der Waals surface area contributed by atoms with E-state index < -0.39 is 0 Å². The molecule has 0 fully saturated rings. The molecule has 1 aromatic rings. The number of carbonyl (C=O) groups is 1. The van der Waals surface area contributed by atoms with E-state index in [1.165, 1.54) is 0 Å². The monoisotopic (exact) mass is 319 g/mol. The number of hydrazine groups is 1. The predicted molar refractivity (Wildman–Crippen MR) is 89.7 cm³/mol. The minimum Gasteiger partial charge on any atom is -0.393 e. The van der Waals surface area contributed by atoms with Gasteiger partial charge in [-0.3, -0.25) is 9.80 Å². The van der Waals surface area contributed by atoms with Crippen LogP contribution >= 0.6 is 0 Å². The smallest absolute Gasteiger partial charge is 0.271 e. The first kappa shape index (κ1) is 18.8. The summed E-state index contributed by atoms with van der Waals surface area (Å²) in [5.74, 6) is 0.0749. The predicted octanol–water partition coefficient (Wildman–Crippen LogP) is 4.23. The first-order valence-corrected chi connectivity index (χ1v) is 8.10. The highest BCUT2D eigenvalue weighted by molar-refractivity contribution is 5.96. The highest BCUT2D eigenvalue weighted by Gasteiger charge is 2.19. The Labute approximate surface area is 137 Å². The molecule has 0 bridgehead atoms. The molecule has 7 nitrogen and oxygen atoms in total. The fourth-order valence-corrected chi connectivity index (χ4v) is 2.09. The Morgan fingerprint density at radius 2 is 2.00 bits per heavy atom. The van der Waals surface area contributed by atoms with Crippen molar-refractivity contribution >= 4 is 5.91 Å². The average molecular weight is 319 g/mol. The van der Waals surface area contributed by atoms with Crippen LogP contribution in [0.25, 0.3) is 10.4 Å². The molecule has 1 rings (SSSR count). The normalized spacial score (nSPS) is 10.0. The van der Waals surface area contributed by atoms with E-state index in [0.29, 0.717) is 12.1 Å². The molecule has 0 atom stereocenters. The number of amides is 1. The van der Waals surface area contributed by atoms with Crippen molar-refractivity contribution < 1.29 is 9.63 Å². The number of rotatable bonds is 11. The van der Waals surface area contributed by atoms with Gasteiger partial charge in [-0.05, 0) is 30.5 Å². The standard InChI is InChI=1S/C16H25N5O2/c1-3-5-9-12-18-21(13-6-4-2)16(22)14-10-7-8-11-15(14)23-20-19-17/h7-8,10-11,18H,3-6,9,12-13H2,1-2H3. The molecule has 0 unspecified atom stereocenters. The number of unbranched alkanes of at least 4 members (excludes halogenated alkanes) is 3. The van der Waals surface area contributed by atoms with Gasteiger partial charge in [-0.1, -0.05) is 45.2 Å². The van der Waals surface area contributed by atoms with E-state index in [2.05, 4.69) is 29.5 Å². The van der Waals surface area contributed by atoms with Crippen LogP contribution in [0.2, 0.25) is 0 Å². The number of nitrogens with zero attached hydrogens (tertiary/aromatic N) is 4. The van der Waals surface area contributed by atoms with Gasteiger partial charge in [-0.2, -0.15) is 0 Å². The average Bonchev–Trinajstić information content (AvgIpc) is 2.59. The quantitative estimate of drug-likeness (QED) is 0.217. The topological polar surface area (TPSA) is 90.3 Å². The lowest BCUT2D eigenvalue weighted by molar-refractivity contribution is 0.0649. The number of hydrogen-bond donors (Lipinski definition) is 1. The van der Waals surface area contributed by atoms with Crippen LogP contribution in [0.15, 0.2) is 29.5 Å². The molecule has 1 aromatic carbocycles. The van der Waals surface area contributed by atoms with Gasteiger partial charge in [0, 0.05) is 18.0 Å². The van der Waals surface area contributed by atoms with Crippen LogP contribution in [0.1, 0.15) is 56.3 Å². The molecule has 0 aromatic heterocycles. The zero-order valence-electron chi connectivity index (χ0n) is 13.9. The van der Waals surface area contributed by atoms with Gasteiger partial charge in [0.2, 0.25) is 0 Å². The molecule has 0 radical (unpaired) electrons. The van der Waals surface area contributed by atoms with Gasteiger partial charge < -0.3 is 4.84 Å². The van der Waals surface area contributed by atoms with E-state index in [1.54, 1.807) is 29.3 Å². The lowest BCUT2D eigenvalue weighted by atomic mass is 10.2. The molecule has 0 heterocycles. The summed E-state index contributed by atoms with van der Waals surface area (Å²) in [7, 11) is 0. The molecule has 7 heteroatoms. The molecule has 1 amide bonds. The van der Waals surface area contributed by atoms with E-state index in [9.17, 15) is 4.79 Å². The Hall–Kier alpha value is -2.24. The first-order valence-electron chi connectivity index (χ1n) is 8.10. The maximum Gasteiger partial charge on any atom is 0.271 e. The molecular formula is C16H25N5O2. The van der Waals surface area contributed by atoms with Crippen molar-refractivity contribution in [3.8, 4) is 5.75 Å². The van der Waals surface area contributed by atoms with Crippen molar-refractivity contribution in [2.75, 3.05) is 13.1 Å². The molecule has 0 aliphatic heterocycles. The van der Waals surface area contributed by atoms with E-state index >= 15 is 0 Å². The summed E-state index contributed by atoms with van der Waals surface area (Å²) in [6, 6.07) is 6.75. The minimum absolute atomic E-state index is 0.182. The molecule has 0 aliphatic carbocycles. The van der Waals surface area contributed by atoms with Crippen LogP contribution in [0.5, 0.6) is 5.75 Å². The summed E-state index contributed by atoms with van der Waals surface area (Å²) >= 11 is 0. The number of hydrogen-bond acceptors (Lipinski definition) is 4. The van der Waals surface area contributed by atoms with E-state index in [-0.39, 0.29) is 11.7 Å². The number of carbonyl (C=O) groups excluding carboxylic acids is 1. The van der Waals surface area contributed by atoms with Gasteiger partial charge in [0.05, 0.1) is 5.56 Å². The number of nitrogens with one attached hydrogen (secondary N) is 1. The van der Waals surface area contributed by atoms with Gasteiger partial charge in [-0.25, -0.2) is 5.43 Å². The summed E-state index contributed by atoms with van der Waals surface area (Å²) in [5, 5.41) is 4.70. The zero-order chi connectivity index (χ0) is 16.9. The number of azide groups is 1. The van der Waals surface area contributed by atoms with Crippen LogP contribution in [-0.4, -0.2) is 24.0 Å². The van der Waals surface area contributed by atoms with Gasteiger partial charge in [-0.15, -0.1) is 0 Å². The Kier molecular flexibility index (Phi) is 9.28.